The lowest BCUT2D eigenvalue weighted by atomic mass is 10.1. The predicted molar refractivity (Wildman–Crippen MR) is 76.3 cm³/mol. The van der Waals surface area contributed by atoms with Gasteiger partial charge in [0, 0.05) is 24.7 Å². The van der Waals surface area contributed by atoms with Crippen molar-refractivity contribution in [3.63, 3.8) is 0 Å². The monoisotopic (exact) mass is 270 g/mol. The van der Waals surface area contributed by atoms with E-state index in [0.29, 0.717) is 11.5 Å². The zero-order valence-corrected chi connectivity index (χ0v) is 11.4. The van der Waals surface area contributed by atoms with E-state index in [-0.39, 0.29) is 5.91 Å². The minimum absolute atomic E-state index is 0.0402. The van der Waals surface area contributed by atoms with Crippen LogP contribution in [0.1, 0.15) is 36.2 Å². The molecule has 0 N–H and O–H groups in total. The Bertz CT molecular complexity index is 569. The summed E-state index contributed by atoms with van der Waals surface area (Å²) in [4.78, 5) is 14.3. The molecule has 4 heteroatoms. The maximum absolute atomic E-state index is 12.4. The maximum atomic E-state index is 12.4. The lowest BCUT2D eigenvalue weighted by Gasteiger charge is -2.18. The summed E-state index contributed by atoms with van der Waals surface area (Å²) < 4.78 is 5.23. The van der Waals surface area contributed by atoms with Crippen molar-refractivity contribution in [1.82, 2.24) is 10.1 Å². The third-order valence-corrected chi connectivity index (χ3v) is 3.68. The molecule has 2 aromatic rings. The fraction of sp³-hybridized carbons (Fsp3) is 0.375. The standard InChI is InChI=1S/C16H18N2O2/c19-16(18-10-6-1-2-7-11-18)15-12-14(17-20-15)13-8-4-3-5-9-13/h3-5,8-9,12H,1-2,6-7,10-11H2. The van der Waals surface area contributed by atoms with Gasteiger partial charge < -0.3 is 9.42 Å². The van der Waals surface area contributed by atoms with Crippen LogP contribution in [-0.4, -0.2) is 29.1 Å². The summed E-state index contributed by atoms with van der Waals surface area (Å²) >= 11 is 0. The van der Waals surface area contributed by atoms with Crippen LogP contribution >= 0.6 is 0 Å². The predicted octanol–water partition coefficient (Wildman–Crippen LogP) is 3.36. The highest BCUT2D eigenvalue weighted by molar-refractivity contribution is 5.92. The number of nitrogens with zero attached hydrogens (tertiary/aromatic N) is 2. The topological polar surface area (TPSA) is 46.3 Å². The van der Waals surface area contributed by atoms with E-state index >= 15 is 0 Å². The van der Waals surface area contributed by atoms with Crippen LogP contribution < -0.4 is 0 Å². The summed E-state index contributed by atoms with van der Waals surface area (Å²) in [5.41, 5.74) is 1.68. The van der Waals surface area contributed by atoms with Crippen molar-refractivity contribution in [2.45, 2.75) is 25.7 Å². The second-order valence-corrected chi connectivity index (χ2v) is 5.15. The van der Waals surface area contributed by atoms with Crippen molar-refractivity contribution in [2.75, 3.05) is 13.1 Å². The van der Waals surface area contributed by atoms with Crippen molar-refractivity contribution >= 4 is 5.91 Å². The number of hydrogen-bond acceptors (Lipinski definition) is 3. The molecule has 104 valence electrons. The highest BCUT2D eigenvalue weighted by Gasteiger charge is 2.21. The normalized spacial score (nSPS) is 15.9. The minimum Gasteiger partial charge on any atom is -0.350 e. The first-order valence-electron chi connectivity index (χ1n) is 7.16. The quantitative estimate of drug-likeness (QED) is 0.840. The van der Waals surface area contributed by atoms with Gasteiger partial charge in [-0.3, -0.25) is 4.79 Å². The summed E-state index contributed by atoms with van der Waals surface area (Å²) in [6, 6.07) is 11.5. The summed E-state index contributed by atoms with van der Waals surface area (Å²) in [6.45, 7) is 1.64. The highest BCUT2D eigenvalue weighted by atomic mass is 16.5. The summed E-state index contributed by atoms with van der Waals surface area (Å²) in [6.07, 6.45) is 4.56. The third kappa shape index (κ3) is 2.74. The van der Waals surface area contributed by atoms with Crippen LogP contribution in [0.2, 0.25) is 0 Å². The maximum Gasteiger partial charge on any atom is 0.292 e. The molecule has 1 aliphatic heterocycles. The Labute approximate surface area is 118 Å². The summed E-state index contributed by atoms with van der Waals surface area (Å²) in [5, 5.41) is 4.00. The first-order valence-corrected chi connectivity index (χ1v) is 7.16. The van der Waals surface area contributed by atoms with E-state index in [1.54, 1.807) is 6.07 Å². The molecule has 0 bridgehead atoms. The molecule has 20 heavy (non-hydrogen) atoms. The van der Waals surface area contributed by atoms with E-state index in [9.17, 15) is 4.79 Å². The van der Waals surface area contributed by atoms with Gasteiger partial charge in [0.2, 0.25) is 5.76 Å². The van der Waals surface area contributed by atoms with Gasteiger partial charge in [0.15, 0.2) is 0 Å². The molecule has 0 atom stereocenters. The van der Waals surface area contributed by atoms with Gasteiger partial charge in [-0.15, -0.1) is 0 Å². The fourth-order valence-corrected chi connectivity index (χ4v) is 2.55. The van der Waals surface area contributed by atoms with E-state index in [2.05, 4.69) is 5.16 Å². The highest BCUT2D eigenvalue weighted by Crippen LogP contribution is 2.20. The molecule has 3 rings (SSSR count). The van der Waals surface area contributed by atoms with Crippen LogP contribution in [0.5, 0.6) is 0 Å². The van der Waals surface area contributed by atoms with Gasteiger partial charge >= 0.3 is 0 Å². The van der Waals surface area contributed by atoms with Gasteiger partial charge in [-0.05, 0) is 12.8 Å². The Morgan fingerprint density at radius 2 is 1.75 bits per heavy atom. The number of rotatable bonds is 2. The molecule has 0 radical (unpaired) electrons. The molecule has 0 unspecified atom stereocenters. The van der Waals surface area contributed by atoms with Gasteiger partial charge in [0.25, 0.3) is 5.91 Å². The first kappa shape index (κ1) is 12.9. The van der Waals surface area contributed by atoms with Crippen molar-refractivity contribution < 1.29 is 9.32 Å². The number of amides is 1. The molecule has 0 aliphatic carbocycles. The molecule has 1 aliphatic rings. The van der Waals surface area contributed by atoms with Crippen LogP contribution in [0.25, 0.3) is 11.3 Å². The third-order valence-electron chi connectivity index (χ3n) is 3.68. The van der Waals surface area contributed by atoms with Gasteiger partial charge in [-0.1, -0.05) is 48.3 Å². The minimum atomic E-state index is -0.0402. The molecule has 0 saturated carbocycles. The lowest BCUT2D eigenvalue weighted by molar-refractivity contribution is 0.0720. The van der Waals surface area contributed by atoms with Crippen LogP contribution in [0.15, 0.2) is 40.9 Å². The van der Waals surface area contributed by atoms with E-state index < -0.39 is 0 Å². The number of hydrogen-bond donors (Lipinski definition) is 0. The number of aromatic nitrogens is 1. The van der Waals surface area contributed by atoms with Crippen molar-refractivity contribution in [1.29, 1.82) is 0 Å². The molecule has 4 nitrogen and oxygen atoms in total. The zero-order chi connectivity index (χ0) is 13.8. The Morgan fingerprint density at radius 3 is 2.45 bits per heavy atom. The number of likely N-dealkylation sites (tertiary alicyclic amines) is 1. The Balaban J connectivity index is 1.77. The molecule has 1 aromatic carbocycles. The average Bonchev–Trinajstić information content (AvgIpc) is 2.83. The Kier molecular flexibility index (Phi) is 3.81. The molecule has 1 fully saturated rings. The molecule has 0 spiro atoms. The van der Waals surface area contributed by atoms with Crippen molar-refractivity contribution in [2.24, 2.45) is 0 Å². The van der Waals surface area contributed by atoms with Gasteiger partial charge in [0.05, 0.1) is 0 Å². The van der Waals surface area contributed by atoms with Gasteiger partial charge in [-0.2, -0.15) is 0 Å². The van der Waals surface area contributed by atoms with Gasteiger partial charge in [-0.25, -0.2) is 0 Å². The number of carbonyl (C=O) groups excluding carboxylic acids is 1. The van der Waals surface area contributed by atoms with Gasteiger partial charge in [0.1, 0.15) is 5.69 Å². The van der Waals surface area contributed by atoms with Crippen LogP contribution in [-0.2, 0) is 0 Å². The number of benzene rings is 1. The number of carbonyl (C=O) groups is 1. The fourth-order valence-electron chi connectivity index (χ4n) is 2.55. The Morgan fingerprint density at radius 1 is 1.05 bits per heavy atom. The molecular weight excluding hydrogens is 252 g/mol. The van der Waals surface area contributed by atoms with Crippen molar-refractivity contribution in [3.8, 4) is 11.3 Å². The Hall–Kier alpha value is -2.10. The largest absolute Gasteiger partial charge is 0.350 e. The van der Waals surface area contributed by atoms with E-state index in [1.807, 2.05) is 35.2 Å². The second kappa shape index (κ2) is 5.90. The summed E-state index contributed by atoms with van der Waals surface area (Å²) in [7, 11) is 0. The van der Waals surface area contributed by atoms with Crippen molar-refractivity contribution in [3.05, 3.63) is 42.2 Å². The van der Waals surface area contributed by atoms with Crippen LogP contribution in [0, 0.1) is 0 Å². The average molecular weight is 270 g/mol. The first-order chi connectivity index (χ1) is 9.84. The van der Waals surface area contributed by atoms with E-state index in [0.717, 1.165) is 31.5 Å². The molecule has 2 heterocycles. The molecule has 1 amide bonds. The molecular formula is C16H18N2O2. The van der Waals surface area contributed by atoms with Crippen LogP contribution in [0.4, 0.5) is 0 Å². The SMILES string of the molecule is O=C(c1cc(-c2ccccc2)no1)N1CCCCCC1. The summed E-state index contributed by atoms with van der Waals surface area (Å²) in [5.74, 6) is 0.298. The second-order valence-electron chi connectivity index (χ2n) is 5.15. The van der Waals surface area contributed by atoms with Crippen LogP contribution in [0.3, 0.4) is 0 Å². The molecule has 1 saturated heterocycles. The van der Waals surface area contributed by atoms with E-state index in [4.69, 9.17) is 4.52 Å². The lowest BCUT2D eigenvalue weighted by Crippen LogP contribution is -2.31. The van der Waals surface area contributed by atoms with E-state index in [1.165, 1.54) is 12.8 Å². The molecule has 1 aromatic heterocycles. The smallest absolute Gasteiger partial charge is 0.292 e. The zero-order valence-electron chi connectivity index (χ0n) is 11.4.